The van der Waals surface area contributed by atoms with Gasteiger partial charge in [0.2, 0.25) is 5.91 Å². The van der Waals surface area contributed by atoms with Crippen molar-refractivity contribution in [3.8, 4) is 0 Å². The number of nitrogens with one attached hydrogen (secondary N) is 2. The summed E-state index contributed by atoms with van der Waals surface area (Å²) in [4.78, 5) is 40.3. The zero-order chi connectivity index (χ0) is 29.0. The lowest BCUT2D eigenvalue weighted by Crippen LogP contribution is -2.48. The molecule has 2 N–H and O–H groups in total. The second kappa shape index (κ2) is 15.4. The van der Waals surface area contributed by atoms with Crippen molar-refractivity contribution in [1.29, 1.82) is 0 Å². The van der Waals surface area contributed by atoms with Crippen molar-refractivity contribution in [2.45, 2.75) is 90.0 Å². The Labute approximate surface area is 238 Å². The van der Waals surface area contributed by atoms with Gasteiger partial charge in [0.15, 0.2) is 0 Å². The normalized spacial score (nSPS) is 18.5. The zero-order valence-corrected chi connectivity index (χ0v) is 24.4. The zero-order valence-electron chi connectivity index (χ0n) is 24.4. The van der Waals surface area contributed by atoms with Crippen LogP contribution < -0.4 is 10.6 Å². The first-order valence-electron chi connectivity index (χ1n) is 14.4. The minimum atomic E-state index is -0.593. The fourth-order valence-corrected chi connectivity index (χ4v) is 4.89. The summed E-state index contributed by atoms with van der Waals surface area (Å²) in [6, 6.07) is 19.4. The Morgan fingerprint density at radius 3 is 2.38 bits per heavy atom. The number of hydrogen-bond donors (Lipinski definition) is 2. The van der Waals surface area contributed by atoms with Gasteiger partial charge in [-0.1, -0.05) is 67.6 Å². The van der Waals surface area contributed by atoms with E-state index < -0.39 is 17.7 Å². The fourth-order valence-electron chi connectivity index (χ4n) is 4.89. The van der Waals surface area contributed by atoms with Crippen molar-refractivity contribution < 1.29 is 23.9 Å². The van der Waals surface area contributed by atoms with Crippen LogP contribution in [0.15, 0.2) is 60.7 Å². The Hall–Kier alpha value is -3.39. The third-order valence-corrected chi connectivity index (χ3v) is 7.04. The molecule has 8 nitrogen and oxygen atoms in total. The van der Waals surface area contributed by atoms with Crippen molar-refractivity contribution in [1.82, 2.24) is 15.5 Å². The molecule has 0 aliphatic carbocycles. The molecule has 1 heterocycles. The number of carbonyl (C=O) groups is 3. The number of hydrogen-bond acceptors (Lipinski definition) is 6. The Bertz CT molecular complexity index is 1070. The van der Waals surface area contributed by atoms with Gasteiger partial charge in [0.1, 0.15) is 12.2 Å². The molecule has 40 heavy (non-hydrogen) atoms. The van der Waals surface area contributed by atoms with E-state index in [9.17, 15) is 14.4 Å². The van der Waals surface area contributed by atoms with Crippen molar-refractivity contribution in [3.63, 3.8) is 0 Å². The maximum Gasteiger partial charge on any atom is 0.407 e. The Balaban J connectivity index is 1.62. The first kappa shape index (κ1) is 31.1. The molecule has 218 valence electrons. The molecule has 0 bridgehead atoms. The summed E-state index contributed by atoms with van der Waals surface area (Å²) >= 11 is 0. The fraction of sp³-hybridized carbons (Fsp3) is 0.531. The largest absolute Gasteiger partial charge is 0.461 e. The number of rotatable bonds is 12. The van der Waals surface area contributed by atoms with E-state index in [-0.39, 0.29) is 36.9 Å². The van der Waals surface area contributed by atoms with Crippen molar-refractivity contribution in [2.75, 3.05) is 19.6 Å². The minimum Gasteiger partial charge on any atom is -0.461 e. The van der Waals surface area contributed by atoms with E-state index in [0.29, 0.717) is 32.5 Å². The molecule has 0 radical (unpaired) electrons. The summed E-state index contributed by atoms with van der Waals surface area (Å²) in [5.41, 5.74) is 1.58. The van der Waals surface area contributed by atoms with Crippen LogP contribution in [0.5, 0.6) is 0 Å². The molecule has 1 aliphatic heterocycles. The lowest BCUT2D eigenvalue weighted by molar-refractivity contribution is -0.145. The molecule has 0 saturated carbocycles. The van der Waals surface area contributed by atoms with Crippen molar-refractivity contribution in [3.05, 3.63) is 71.8 Å². The third-order valence-electron chi connectivity index (χ3n) is 7.04. The average molecular weight is 552 g/mol. The van der Waals surface area contributed by atoms with E-state index in [1.54, 1.807) is 0 Å². The molecule has 8 heteroatoms. The molecule has 1 saturated heterocycles. The van der Waals surface area contributed by atoms with Gasteiger partial charge in [0, 0.05) is 38.0 Å². The third kappa shape index (κ3) is 10.6. The van der Waals surface area contributed by atoms with E-state index in [2.05, 4.69) is 29.7 Å². The highest BCUT2D eigenvalue weighted by Crippen LogP contribution is 2.23. The molecule has 2 amide bonds. The molecule has 2 aromatic carbocycles. The molecular formula is C32H45N3O5. The van der Waals surface area contributed by atoms with Crippen LogP contribution in [0.4, 0.5) is 4.79 Å². The number of amides is 2. The summed E-state index contributed by atoms with van der Waals surface area (Å²) in [5, 5.41) is 6.26. The van der Waals surface area contributed by atoms with Crippen molar-refractivity contribution in [2.24, 2.45) is 0 Å². The van der Waals surface area contributed by atoms with E-state index >= 15 is 0 Å². The van der Waals surface area contributed by atoms with Crippen LogP contribution in [-0.2, 0) is 25.7 Å². The number of benzene rings is 2. The Morgan fingerprint density at radius 2 is 1.73 bits per heavy atom. The topological polar surface area (TPSA) is 97.0 Å². The summed E-state index contributed by atoms with van der Waals surface area (Å²) < 4.78 is 10.8. The molecular weight excluding hydrogens is 506 g/mol. The van der Waals surface area contributed by atoms with E-state index in [4.69, 9.17) is 9.47 Å². The quantitative estimate of drug-likeness (QED) is 0.353. The van der Waals surface area contributed by atoms with Crippen LogP contribution >= 0.6 is 0 Å². The van der Waals surface area contributed by atoms with E-state index in [0.717, 1.165) is 18.4 Å². The van der Waals surface area contributed by atoms with Crippen LogP contribution in [-0.4, -0.2) is 60.2 Å². The predicted octanol–water partition coefficient (Wildman–Crippen LogP) is 5.18. The number of ether oxygens (including phenoxy) is 2. The molecule has 0 spiro atoms. The average Bonchev–Trinajstić information content (AvgIpc) is 3.07. The molecule has 2 aromatic rings. The molecule has 3 rings (SSSR count). The van der Waals surface area contributed by atoms with Crippen LogP contribution in [0.3, 0.4) is 0 Å². The van der Waals surface area contributed by atoms with Gasteiger partial charge >= 0.3 is 12.1 Å². The van der Waals surface area contributed by atoms with Crippen LogP contribution in [0.1, 0.15) is 76.8 Å². The van der Waals surface area contributed by atoms with Gasteiger partial charge in [-0.25, -0.2) is 4.79 Å². The van der Waals surface area contributed by atoms with Gasteiger partial charge in [-0.05, 0) is 57.6 Å². The second-order valence-corrected chi connectivity index (χ2v) is 11.4. The standard InChI is InChI=1S/C32H45N3O5/c1-5-25(26-14-10-7-11-15-26)22-35-21-19-27(16-17-29(36)39-23-24-12-8-6-9-13-24)34-28(30(35)37)18-20-33-31(38)40-32(2,3)4/h6-15,25,27-28,34H,5,16-23H2,1-4H3,(H,33,38)/t25?,27-,28+/m1/s1. The lowest BCUT2D eigenvalue weighted by Gasteiger charge is -2.28. The van der Waals surface area contributed by atoms with Gasteiger partial charge in [-0.3, -0.25) is 9.59 Å². The highest BCUT2D eigenvalue weighted by molar-refractivity contribution is 5.82. The Kier molecular flexibility index (Phi) is 12.0. The molecule has 3 atom stereocenters. The molecule has 0 aromatic heterocycles. The number of esters is 1. The summed E-state index contributed by atoms with van der Waals surface area (Å²) in [6.45, 7) is 9.37. The number of carbonyl (C=O) groups excluding carboxylic acids is 3. The minimum absolute atomic E-state index is 0.0227. The monoisotopic (exact) mass is 551 g/mol. The number of alkyl carbamates (subject to hydrolysis) is 1. The van der Waals surface area contributed by atoms with E-state index in [1.165, 1.54) is 5.56 Å². The van der Waals surface area contributed by atoms with Gasteiger partial charge in [-0.15, -0.1) is 0 Å². The summed E-state index contributed by atoms with van der Waals surface area (Å²) in [5.74, 6) is 0.000997. The highest BCUT2D eigenvalue weighted by Gasteiger charge is 2.32. The predicted molar refractivity (Wildman–Crippen MR) is 156 cm³/mol. The van der Waals surface area contributed by atoms with E-state index in [1.807, 2.05) is 74.2 Å². The first-order chi connectivity index (χ1) is 19.1. The lowest BCUT2D eigenvalue weighted by atomic mass is 9.95. The highest BCUT2D eigenvalue weighted by atomic mass is 16.6. The summed E-state index contributed by atoms with van der Waals surface area (Å²) in [6.07, 6.45) is 2.41. The van der Waals surface area contributed by atoms with Gasteiger partial charge in [-0.2, -0.15) is 0 Å². The van der Waals surface area contributed by atoms with Crippen molar-refractivity contribution >= 4 is 18.0 Å². The maximum absolute atomic E-state index is 13.7. The van der Waals surface area contributed by atoms with Crippen LogP contribution in [0.25, 0.3) is 0 Å². The van der Waals surface area contributed by atoms with Crippen LogP contribution in [0, 0.1) is 0 Å². The smallest absolute Gasteiger partial charge is 0.407 e. The molecule has 1 aliphatic rings. The second-order valence-electron chi connectivity index (χ2n) is 11.4. The van der Waals surface area contributed by atoms with Crippen LogP contribution in [0.2, 0.25) is 0 Å². The first-order valence-corrected chi connectivity index (χ1v) is 14.4. The SMILES string of the molecule is CCC(CN1CC[C@@H](CCC(=O)OCc2ccccc2)N[C@@H](CCNC(=O)OC(C)(C)C)C1=O)c1ccccc1. The maximum atomic E-state index is 13.7. The van der Waals surface area contributed by atoms with Gasteiger partial charge in [0.25, 0.3) is 0 Å². The number of nitrogens with zero attached hydrogens (tertiary/aromatic N) is 1. The van der Waals surface area contributed by atoms with Gasteiger partial charge < -0.3 is 25.0 Å². The van der Waals surface area contributed by atoms with Gasteiger partial charge in [0.05, 0.1) is 6.04 Å². The molecule has 1 unspecified atom stereocenters. The Morgan fingerprint density at radius 1 is 1.05 bits per heavy atom. The summed E-state index contributed by atoms with van der Waals surface area (Å²) in [7, 11) is 0. The molecule has 1 fully saturated rings.